The summed E-state index contributed by atoms with van der Waals surface area (Å²) < 4.78 is 5.55. The molecule has 1 aromatic heterocycles. The summed E-state index contributed by atoms with van der Waals surface area (Å²) in [5.41, 5.74) is 0.702. The fraction of sp³-hybridized carbons (Fsp3) is 0.267. The summed E-state index contributed by atoms with van der Waals surface area (Å²) in [4.78, 5) is 14.1. The van der Waals surface area contributed by atoms with Crippen molar-refractivity contribution in [2.24, 2.45) is 0 Å². The number of hydrogen-bond acceptors (Lipinski definition) is 3. The molecule has 0 unspecified atom stereocenters. The van der Waals surface area contributed by atoms with Crippen LogP contribution in [-0.2, 0) is 0 Å². The molecular formula is C15H16O2S. The maximum atomic E-state index is 12.2. The van der Waals surface area contributed by atoms with E-state index in [9.17, 15) is 4.79 Å². The Morgan fingerprint density at radius 3 is 2.28 bits per heavy atom. The number of carbonyl (C=O) groups is 1. The van der Waals surface area contributed by atoms with Crippen molar-refractivity contribution in [1.29, 1.82) is 0 Å². The van der Waals surface area contributed by atoms with E-state index in [4.69, 9.17) is 4.74 Å². The highest BCUT2D eigenvalue weighted by Crippen LogP contribution is 2.21. The van der Waals surface area contributed by atoms with Gasteiger partial charge in [0.05, 0.1) is 11.0 Å². The first-order chi connectivity index (χ1) is 8.56. The van der Waals surface area contributed by atoms with Crippen LogP contribution in [0.15, 0.2) is 36.4 Å². The lowest BCUT2D eigenvalue weighted by atomic mass is 10.1. The highest BCUT2D eigenvalue weighted by molar-refractivity contribution is 7.14. The van der Waals surface area contributed by atoms with E-state index in [1.165, 1.54) is 11.3 Å². The van der Waals surface area contributed by atoms with Crippen LogP contribution >= 0.6 is 11.3 Å². The van der Waals surface area contributed by atoms with E-state index in [1.807, 2.05) is 57.2 Å². The number of ketones is 1. The smallest absolute Gasteiger partial charge is 0.202 e. The molecule has 94 valence electrons. The number of aryl methyl sites for hydroxylation is 1. The van der Waals surface area contributed by atoms with Gasteiger partial charge in [-0.1, -0.05) is 0 Å². The SMILES string of the molecule is Cc1ccc(C(=O)c2ccc(OC(C)C)cc2)s1. The Morgan fingerprint density at radius 2 is 1.78 bits per heavy atom. The first-order valence-electron chi connectivity index (χ1n) is 5.94. The maximum absolute atomic E-state index is 12.2. The maximum Gasteiger partial charge on any atom is 0.202 e. The van der Waals surface area contributed by atoms with Gasteiger partial charge in [0.2, 0.25) is 5.78 Å². The Kier molecular flexibility index (Phi) is 3.82. The van der Waals surface area contributed by atoms with Crippen molar-refractivity contribution in [2.45, 2.75) is 26.9 Å². The van der Waals surface area contributed by atoms with Gasteiger partial charge in [-0.25, -0.2) is 0 Å². The van der Waals surface area contributed by atoms with Gasteiger partial charge in [-0.15, -0.1) is 11.3 Å². The van der Waals surface area contributed by atoms with Crippen molar-refractivity contribution in [1.82, 2.24) is 0 Å². The van der Waals surface area contributed by atoms with Crippen LogP contribution in [0.3, 0.4) is 0 Å². The van der Waals surface area contributed by atoms with Gasteiger partial charge < -0.3 is 4.74 Å². The van der Waals surface area contributed by atoms with Crippen LogP contribution in [0.5, 0.6) is 5.75 Å². The number of thiophene rings is 1. The van der Waals surface area contributed by atoms with Crippen LogP contribution in [0.4, 0.5) is 0 Å². The third-order valence-electron chi connectivity index (χ3n) is 2.45. The average molecular weight is 260 g/mol. The molecule has 2 rings (SSSR count). The molecule has 0 aliphatic heterocycles. The van der Waals surface area contributed by atoms with E-state index in [0.717, 1.165) is 15.5 Å². The molecule has 2 aromatic rings. The van der Waals surface area contributed by atoms with E-state index < -0.39 is 0 Å². The van der Waals surface area contributed by atoms with E-state index in [-0.39, 0.29) is 11.9 Å². The second-order valence-electron chi connectivity index (χ2n) is 4.43. The van der Waals surface area contributed by atoms with Gasteiger partial charge in [0.25, 0.3) is 0 Å². The molecule has 0 radical (unpaired) electrons. The lowest BCUT2D eigenvalue weighted by Crippen LogP contribution is -2.05. The number of benzene rings is 1. The lowest BCUT2D eigenvalue weighted by molar-refractivity contribution is 0.104. The second kappa shape index (κ2) is 5.36. The molecule has 0 aliphatic rings. The number of ether oxygens (including phenoxy) is 1. The predicted octanol–water partition coefficient (Wildman–Crippen LogP) is 4.07. The van der Waals surface area contributed by atoms with Crippen LogP contribution < -0.4 is 4.74 Å². The van der Waals surface area contributed by atoms with Crippen LogP contribution in [0.2, 0.25) is 0 Å². The molecule has 0 bridgehead atoms. The Labute approximate surface area is 111 Å². The van der Waals surface area contributed by atoms with E-state index >= 15 is 0 Å². The third kappa shape index (κ3) is 2.99. The standard InChI is InChI=1S/C15H16O2S/c1-10(2)17-13-7-5-12(6-8-13)15(16)14-9-4-11(3)18-14/h4-10H,1-3H3. The summed E-state index contributed by atoms with van der Waals surface area (Å²) in [6.07, 6.45) is 0.145. The molecule has 0 saturated carbocycles. The zero-order valence-corrected chi connectivity index (χ0v) is 11.6. The van der Waals surface area contributed by atoms with E-state index in [0.29, 0.717) is 5.56 Å². The van der Waals surface area contributed by atoms with Crippen molar-refractivity contribution in [3.63, 3.8) is 0 Å². The fourth-order valence-electron chi connectivity index (χ4n) is 1.66. The molecule has 0 aliphatic carbocycles. The zero-order chi connectivity index (χ0) is 13.1. The van der Waals surface area contributed by atoms with Gasteiger partial charge in [0, 0.05) is 10.4 Å². The quantitative estimate of drug-likeness (QED) is 0.774. The molecular weight excluding hydrogens is 244 g/mol. The summed E-state index contributed by atoms with van der Waals surface area (Å²) in [7, 11) is 0. The normalized spacial score (nSPS) is 10.7. The van der Waals surface area contributed by atoms with Crippen LogP contribution in [0.25, 0.3) is 0 Å². The van der Waals surface area contributed by atoms with Crippen molar-refractivity contribution >= 4 is 17.1 Å². The Hall–Kier alpha value is -1.61. The summed E-state index contributed by atoms with van der Waals surface area (Å²) in [6, 6.07) is 11.2. The lowest BCUT2D eigenvalue weighted by Gasteiger charge is -2.09. The molecule has 18 heavy (non-hydrogen) atoms. The van der Waals surface area contributed by atoms with Crippen molar-refractivity contribution in [3.05, 3.63) is 51.7 Å². The monoisotopic (exact) mass is 260 g/mol. The highest BCUT2D eigenvalue weighted by Gasteiger charge is 2.11. The molecule has 0 N–H and O–H groups in total. The molecule has 0 spiro atoms. The average Bonchev–Trinajstić information content (AvgIpc) is 2.75. The minimum atomic E-state index is 0.0733. The summed E-state index contributed by atoms with van der Waals surface area (Å²) >= 11 is 1.52. The van der Waals surface area contributed by atoms with Gasteiger partial charge in [-0.2, -0.15) is 0 Å². The summed E-state index contributed by atoms with van der Waals surface area (Å²) in [5, 5.41) is 0. The molecule has 0 saturated heterocycles. The summed E-state index contributed by atoms with van der Waals surface area (Å²) in [6.45, 7) is 5.96. The van der Waals surface area contributed by atoms with Crippen molar-refractivity contribution in [3.8, 4) is 5.75 Å². The van der Waals surface area contributed by atoms with Gasteiger partial charge in [0.1, 0.15) is 5.75 Å². The van der Waals surface area contributed by atoms with Gasteiger partial charge in [-0.05, 0) is 57.2 Å². The minimum absolute atomic E-state index is 0.0733. The number of hydrogen-bond donors (Lipinski definition) is 0. The predicted molar refractivity (Wildman–Crippen MR) is 74.7 cm³/mol. The van der Waals surface area contributed by atoms with Gasteiger partial charge in [-0.3, -0.25) is 4.79 Å². The largest absolute Gasteiger partial charge is 0.491 e. The Morgan fingerprint density at radius 1 is 1.11 bits per heavy atom. The van der Waals surface area contributed by atoms with E-state index in [2.05, 4.69) is 0 Å². The number of rotatable bonds is 4. The number of carbonyl (C=O) groups excluding carboxylic acids is 1. The van der Waals surface area contributed by atoms with Crippen LogP contribution in [0, 0.1) is 6.92 Å². The molecule has 2 nitrogen and oxygen atoms in total. The van der Waals surface area contributed by atoms with Crippen LogP contribution in [0.1, 0.15) is 34.0 Å². The van der Waals surface area contributed by atoms with E-state index in [1.54, 1.807) is 0 Å². The third-order valence-corrected chi connectivity index (χ3v) is 3.45. The van der Waals surface area contributed by atoms with Crippen LogP contribution in [-0.4, -0.2) is 11.9 Å². The van der Waals surface area contributed by atoms with Gasteiger partial charge in [0.15, 0.2) is 0 Å². The highest BCUT2D eigenvalue weighted by atomic mass is 32.1. The van der Waals surface area contributed by atoms with Gasteiger partial charge >= 0.3 is 0 Å². The zero-order valence-electron chi connectivity index (χ0n) is 10.8. The first kappa shape index (κ1) is 12.8. The fourth-order valence-corrected chi connectivity index (χ4v) is 2.49. The molecule has 0 fully saturated rings. The molecule has 1 aromatic carbocycles. The minimum Gasteiger partial charge on any atom is -0.491 e. The molecule has 0 atom stereocenters. The van der Waals surface area contributed by atoms with Crippen molar-refractivity contribution in [2.75, 3.05) is 0 Å². The Bertz CT molecular complexity index is 538. The summed E-state index contributed by atoms with van der Waals surface area (Å²) in [5.74, 6) is 0.869. The molecule has 1 heterocycles. The molecule has 3 heteroatoms. The first-order valence-corrected chi connectivity index (χ1v) is 6.76. The van der Waals surface area contributed by atoms with Crippen molar-refractivity contribution < 1.29 is 9.53 Å². The molecule has 0 amide bonds. The topological polar surface area (TPSA) is 26.3 Å². The second-order valence-corrected chi connectivity index (χ2v) is 5.72. The Balaban J connectivity index is 2.17.